The topological polar surface area (TPSA) is 40.5 Å². The van der Waals surface area contributed by atoms with Crippen molar-refractivity contribution in [3.05, 3.63) is 36.0 Å². The Kier molecular flexibility index (Phi) is 5.67. The summed E-state index contributed by atoms with van der Waals surface area (Å²) in [6.45, 7) is 3.78. The number of hydrogen-bond acceptors (Lipinski definition) is 2. The van der Waals surface area contributed by atoms with Crippen LogP contribution in [0.5, 0.6) is 0 Å². The average molecular weight is 439 g/mol. The maximum Gasteiger partial charge on any atom is 0.270 e. The van der Waals surface area contributed by atoms with E-state index in [-0.39, 0.29) is 5.91 Å². The molecule has 3 heterocycles. The van der Waals surface area contributed by atoms with Crippen LogP contribution in [0, 0.1) is 5.41 Å². The molecule has 1 aromatic heterocycles. The molecule has 166 valence electrons. The number of aromatic nitrogens is 1. The molecule has 0 radical (unpaired) electrons. The number of nitrogens with zero attached hydrogens (tertiary/aromatic N) is 3. The quantitative estimate of drug-likeness (QED) is 0.709. The van der Waals surface area contributed by atoms with E-state index < -0.39 is 0 Å². The van der Waals surface area contributed by atoms with Crippen LogP contribution in [-0.2, 0) is 7.05 Å². The van der Waals surface area contributed by atoms with Crippen molar-refractivity contribution in [2.24, 2.45) is 12.5 Å². The van der Waals surface area contributed by atoms with E-state index in [1.807, 2.05) is 29.8 Å². The molecule has 1 aromatic carbocycles. The van der Waals surface area contributed by atoms with Gasteiger partial charge in [0.15, 0.2) is 5.11 Å². The lowest BCUT2D eigenvalue weighted by molar-refractivity contribution is 0.0590. The van der Waals surface area contributed by atoms with E-state index in [1.54, 1.807) is 0 Å². The van der Waals surface area contributed by atoms with Crippen molar-refractivity contribution >= 4 is 34.1 Å². The second kappa shape index (κ2) is 8.45. The van der Waals surface area contributed by atoms with Gasteiger partial charge in [-0.2, -0.15) is 0 Å². The Hall–Kier alpha value is -2.08. The highest BCUT2D eigenvalue weighted by atomic mass is 32.1. The summed E-state index contributed by atoms with van der Waals surface area (Å²) in [6.07, 6.45) is 9.86. The lowest BCUT2D eigenvalue weighted by atomic mass is 9.77. The van der Waals surface area contributed by atoms with Gasteiger partial charge in [0.05, 0.1) is 0 Å². The van der Waals surface area contributed by atoms with Crippen molar-refractivity contribution in [1.29, 1.82) is 0 Å². The molecule has 1 saturated carbocycles. The fraction of sp³-hybridized carbons (Fsp3) is 0.600. The number of benzene rings is 1. The number of nitrogens with one attached hydrogen (secondary N) is 1. The highest BCUT2D eigenvalue weighted by molar-refractivity contribution is 7.80. The summed E-state index contributed by atoms with van der Waals surface area (Å²) in [6, 6.07) is 10.8. The van der Waals surface area contributed by atoms with Gasteiger partial charge in [-0.05, 0) is 61.9 Å². The third-order valence-electron chi connectivity index (χ3n) is 7.94. The van der Waals surface area contributed by atoms with Gasteiger partial charge in [-0.25, -0.2) is 0 Å². The molecule has 6 heteroatoms. The van der Waals surface area contributed by atoms with Crippen molar-refractivity contribution in [3.63, 3.8) is 0 Å². The Balaban J connectivity index is 1.18. The molecule has 5 nitrogen and oxygen atoms in total. The first kappa shape index (κ1) is 20.8. The molecule has 3 fully saturated rings. The Bertz CT molecular complexity index is 969. The van der Waals surface area contributed by atoms with Gasteiger partial charge in [0.25, 0.3) is 5.91 Å². The number of likely N-dealkylation sites (tertiary alicyclic amines) is 2. The number of carbonyl (C=O) groups is 1. The summed E-state index contributed by atoms with van der Waals surface area (Å²) in [5.41, 5.74) is 2.22. The maximum atomic E-state index is 13.3. The first-order valence-corrected chi connectivity index (χ1v) is 12.3. The van der Waals surface area contributed by atoms with Gasteiger partial charge >= 0.3 is 0 Å². The summed E-state index contributed by atoms with van der Waals surface area (Å²) < 4.78 is 2.04. The zero-order valence-corrected chi connectivity index (χ0v) is 19.4. The van der Waals surface area contributed by atoms with E-state index in [0.717, 1.165) is 60.7 Å². The van der Waals surface area contributed by atoms with E-state index in [9.17, 15) is 4.79 Å². The van der Waals surface area contributed by atoms with Crippen molar-refractivity contribution in [2.45, 2.75) is 57.4 Å². The molecule has 1 spiro atoms. The number of carbonyl (C=O) groups excluding carboxylic acids is 1. The molecular weight excluding hydrogens is 404 g/mol. The third-order valence-corrected chi connectivity index (χ3v) is 8.32. The number of amides is 1. The summed E-state index contributed by atoms with van der Waals surface area (Å²) >= 11 is 5.77. The van der Waals surface area contributed by atoms with Crippen LogP contribution in [0.2, 0.25) is 0 Å². The number of para-hydroxylation sites is 1. The molecule has 1 aliphatic carbocycles. The largest absolute Gasteiger partial charge is 0.360 e. The van der Waals surface area contributed by atoms with E-state index in [4.69, 9.17) is 12.2 Å². The average Bonchev–Trinajstić information content (AvgIpc) is 3.36. The molecule has 1 N–H and O–H groups in total. The smallest absolute Gasteiger partial charge is 0.270 e. The predicted octanol–water partition coefficient (Wildman–Crippen LogP) is 4.31. The Morgan fingerprint density at radius 3 is 2.42 bits per heavy atom. The van der Waals surface area contributed by atoms with Gasteiger partial charge in [-0.15, -0.1) is 0 Å². The van der Waals surface area contributed by atoms with Crippen molar-refractivity contribution < 1.29 is 4.79 Å². The molecule has 2 aromatic rings. The summed E-state index contributed by atoms with van der Waals surface area (Å²) in [5, 5.41) is 5.73. The summed E-state index contributed by atoms with van der Waals surface area (Å²) in [5.74, 6) is 0.165. The lowest BCUT2D eigenvalue weighted by Crippen LogP contribution is -2.47. The van der Waals surface area contributed by atoms with Gasteiger partial charge in [0.1, 0.15) is 5.69 Å². The number of fused-ring (bicyclic) bond motifs is 1. The molecule has 3 aliphatic rings. The first-order valence-electron chi connectivity index (χ1n) is 11.9. The zero-order chi connectivity index (χ0) is 21.4. The number of thiocarbonyl (C=S) groups is 1. The molecule has 0 unspecified atom stereocenters. The standard InChI is InChI=1S/C25H34N4OS/c1-27-21-10-6-5-7-19(21)17-22(27)23(30)28-14-11-25(12-15-28)13-16-29(18-25)24(31)26-20-8-3-2-4-9-20/h5-7,10,17,20H,2-4,8-9,11-16,18H2,1H3,(H,26,31). The van der Waals surface area contributed by atoms with Crippen LogP contribution >= 0.6 is 12.2 Å². The minimum absolute atomic E-state index is 0.165. The Labute approximate surface area is 190 Å². The summed E-state index contributed by atoms with van der Waals surface area (Å²) in [4.78, 5) is 17.7. The highest BCUT2D eigenvalue weighted by Gasteiger charge is 2.42. The Morgan fingerprint density at radius 1 is 1.03 bits per heavy atom. The SMILES string of the molecule is Cn1c(C(=O)N2CCC3(CC2)CCN(C(=S)NC2CCCCC2)C3)cc2ccccc21. The lowest BCUT2D eigenvalue weighted by Gasteiger charge is -2.39. The monoisotopic (exact) mass is 438 g/mol. The molecule has 31 heavy (non-hydrogen) atoms. The molecule has 2 aliphatic heterocycles. The molecule has 5 rings (SSSR count). The van der Waals surface area contributed by atoms with Gasteiger partial charge in [-0.3, -0.25) is 4.79 Å². The van der Waals surface area contributed by atoms with Crippen LogP contribution in [0.25, 0.3) is 10.9 Å². The molecule has 2 saturated heterocycles. The molecule has 1 amide bonds. The van der Waals surface area contributed by atoms with Crippen molar-refractivity contribution in [3.8, 4) is 0 Å². The van der Waals surface area contributed by atoms with E-state index in [2.05, 4.69) is 27.2 Å². The number of piperidine rings is 1. The van der Waals surface area contributed by atoms with Crippen LogP contribution in [0.4, 0.5) is 0 Å². The fourth-order valence-electron chi connectivity index (χ4n) is 5.87. The van der Waals surface area contributed by atoms with E-state index in [0.29, 0.717) is 11.5 Å². The van der Waals surface area contributed by atoms with Crippen LogP contribution in [0.15, 0.2) is 30.3 Å². The van der Waals surface area contributed by atoms with Crippen LogP contribution in [-0.4, -0.2) is 57.6 Å². The van der Waals surface area contributed by atoms with E-state index >= 15 is 0 Å². The van der Waals surface area contributed by atoms with Crippen LogP contribution in [0.3, 0.4) is 0 Å². The maximum absolute atomic E-state index is 13.3. The first-order chi connectivity index (χ1) is 15.0. The Morgan fingerprint density at radius 2 is 1.71 bits per heavy atom. The van der Waals surface area contributed by atoms with Gasteiger partial charge in [0.2, 0.25) is 0 Å². The van der Waals surface area contributed by atoms with Gasteiger partial charge in [-0.1, -0.05) is 37.5 Å². The second-order valence-electron chi connectivity index (χ2n) is 9.90. The number of rotatable bonds is 2. The number of hydrogen-bond donors (Lipinski definition) is 1. The van der Waals surface area contributed by atoms with Gasteiger partial charge < -0.3 is 19.7 Å². The predicted molar refractivity (Wildman–Crippen MR) is 129 cm³/mol. The van der Waals surface area contributed by atoms with Crippen molar-refractivity contribution in [1.82, 2.24) is 19.7 Å². The molecular formula is C25H34N4OS. The highest BCUT2D eigenvalue weighted by Crippen LogP contribution is 2.41. The second-order valence-corrected chi connectivity index (χ2v) is 10.3. The molecule has 0 bridgehead atoms. The minimum Gasteiger partial charge on any atom is -0.360 e. The van der Waals surface area contributed by atoms with Crippen LogP contribution < -0.4 is 5.32 Å². The van der Waals surface area contributed by atoms with Crippen LogP contribution in [0.1, 0.15) is 61.9 Å². The zero-order valence-electron chi connectivity index (χ0n) is 18.6. The molecule has 0 atom stereocenters. The normalized spacial score (nSPS) is 21.7. The fourth-order valence-corrected chi connectivity index (χ4v) is 6.19. The third kappa shape index (κ3) is 4.07. The number of aryl methyl sites for hydroxylation is 1. The summed E-state index contributed by atoms with van der Waals surface area (Å²) in [7, 11) is 2.00. The van der Waals surface area contributed by atoms with E-state index in [1.165, 1.54) is 38.5 Å². The van der Waals surface area contributed by atoms with Crippen molar-refractivity contribution in [2.75, 3.05) is 26.2 Å². The van der Waals surface area contributed by atoms with Gasteiger partial charge in [0, 0.05) is 50.2 Å². The minimum atomic E-state index is 0.165.